The van der Waals surface area contributed by atoms with Crippen LogP contribution >= 0.6 is 11.9 Å². The second-order valence-corrected chi connectivity index (χ2v) is 4.65. The Morgan fingerprint density at radius 3 is 2.53 bits per heavy atom. The highest BCUT2D eigenvalue weighted by atomic mass is 32.2. The van der Waals surface area contributed by atoms with E-state index in [1.807, 2.05) is 0 Å². The molecule has 0 heterocycles. The Hall–Kier alpha value is -2.01. The Bertz CT molecular complexity index is 572. The first-order valence-corrected chi connectivity index (χ1v) is 6.60. The van der Waals surface area contributed by atoms with Gasteiger partial charge in [-0.25, -0.2) is 9.18 Å². The van der Waals surface area contributed by atoms with E-state index in [0.717, 1.165) is 5.56 Å². The summed E-state index contributed by atoms with van der Waals surface area (Å²) >= 11 is 1.36. The number of aromatic carboxylic acids is 1. The second kappa shape index (κ2) is 6.24. The van der Waals surface area contributed by atoms with E-state index in [9.17, 15) is 9.18 Å². The van der Waals surface area contributed by atoms with Crippen LogP contribution < -0.4 is 4.72 Å². The SMILES string of the molecule is O=C(O)c1ccccc1NSCc1ccc(F)cc1. The molecule has 2 aromatic carbocycles. The third-order valence-electron chi connectivity index (χ3n) is 2.49. The van der Waals surface area contributed by atoms with Crippen LogP contribution in [-0.2, 0) is 5.75 Å². The van der Waals surface area contributed by atoms with Gasteiger partial charge in [0.1, 0.15) is 5.82 Å². The molecule has 5 heteroatoms. The van der Waals surface area contributed by atoms with Gasteiger partial charge in [-0.3, -0.25) is 0 Å². The molecule has 0 aromatic heterocycles. The van der Waals surface area contributed by atoms with Crippen molar-refractivity contribution in [2.24, 2.45) is 0 Å². The summed E-state index contributed by atoms with van der Waals surface area (Å²) in [6.07, 6.45) is 0. The van der Waals surface area contributed by atoms with E-state index >= 15 is 0 Å². The molecule has 3 nitrogen and oxygen atoms in total. The Labute approximate surface area is 114 Å². The van der Waals surface area contributed by atoms with Crippen molar-refractivity contribution in [1.29, 1.82) is 0 Å². The highest BCUT2D eigenvalue weighted by molar-refractivity contribution is 7.99. The summed E-state index contributed by atoms with van der Waals surface area (Å²) < 4.78 is 15.7. The summed E-state index contributed by atoms with van der Waals surface area (Å²) in [4.78, 5) is 11.0. The van der Waals surface area contributed by atoms with Crippen molar-refractivity contribution in [3.05, 3.63) is 65.5 Å². The van der Waals surface area contributed by atoms with E-state index in [0.29, 0.717) is 11.4 Å². The summed E-state index contributed by atoms with van der Waals surface area (Å²) in [7, 11) is 0. The average molecular weight is 277 g/mol. The highest BCUT2D eigenvalue weighted by Crippen LogP contribution is 2.21. The molecule has 0 atom stereocenters. The van der Waals surface area contributed by atoms with Gasteiger partial charge in [0, 0.05) is 5.75 Å². The normalized spacial score (nSPS) is 10.2. The van der Waals surface area contributed by atoms with Gasteiger partial charge in [-0.05, 0) is 41.8 Å². The summed E-state index contributed by atoms with van der Waals surface area (Å²) in [5, 5.41) is 9.02. The predicted octanol–water partition coefficient (Wildman–Crippen LogP) is 3.78. The maximum atomic E-state index is 12.7. The topological polar surface area (TPSA) is 49.3 Å². The quantitative estimate of drug-likeness (QED) is 0.816. The Morgan fingerprint density at radius 2 is 1.84 bits per heavy atom. The number of carbonyl (C=O) groups is 1. The van der Waals surface area contributed by atoms with Crippen LogP contribution in [0.25, 0.3) is 0 Å². The summed E-state index contributed by atoms with van der Waals surface area (Å²) in [5.74, 6) is -0.614. The molecule has 98 valence electrons. The van der Waals surface area contributed by atoms with E-state index in [1.54, 1.807) is 36.4 Å². The molecule has 2 aromatic rings. The standard InChI is InChI=1S/C14H12FNO2S/c15-11-7-5-10(6-8-11)9-19-16-13-4-2-1-3-12(13)14(17)18/h1-8,16H,9H2,(H,17,18). The Morgan fingerprint density at radius 1 is 1.16 bits per heavy atom. The van der Waals surface area contributed by atoms with E-state index in [4.69, 9.17) is 5.11 Å². The Kier molecular flexibility index (Phi) is 4.41. The number of para-hydroxylation sites is 1. The van der Waals surface area contributed by atoms with E-state index in [1.165, 1.54) is 24.1 Å². The fourth-order valence-electron chi connectivity index (χ4n) is 1.54. The van der Waals surface area contributed by atoms with Crippen molar-refractivity contribution in [1.82, 2.24) is 0 Å². The van der Waals surface area contributed by atoms with Gasteiger partial charge in [-0.1, -0.05) is 24.3 Å². The average Bonchev–Trinajstić information content (AvgIpc) is 2.41. The first-order valence-electron chi connectivity index (χ1n) is 5.61. The number of benzene rings is 2. The van der Waals surface area contributed by atoms with Gasteiger partial charge >= 0.3 is 5.97 Å². The van der Waals surface area contributed by atoms with Gasteiger partial charge in [0.05, 0.1) is 11.3 Å². The summed E-state index contributed by atoms with van der Waals surface area (Å²) in [5.41, 5.74) is 1.75. The third kappa shape index (κ3) is 3.72. The molecule has 0 amide bonds. The van der Waals surface area contributed by atoms with Crippen molar-refractivity contribution in [2.75, 3.05) is 4.72 Å². The molecule has 2 N–H and O–H groups in total. The third-order valence-corrected chi connectivity index (χ3v) is 3.33. The molecule has 0 fully saturated rings. The summed E-state index contributed by atoms with van der Waals surface area (Å²) in [6, 6.07) is 12.9. The molecule has 0 aliphatic carbocycles. The van der Waals surface area contributed by atoms with Crippen LogP contribution in [-0.4, -0.2) is 11.1 Å². The summed E-state index contributed by atoms with van der Waals surface area (Å²) in [6.45, 7) is 0. The molecule has 0 aliphatic heterocycles. The number of anilines is 1. The first-order chi connectivity index (χ1) is 9.16. The lowest BCUT2D eigenvalue weighted by Gasteiger charge is -2.08. The second-order valence-electron chi connectivity index (χ2n) is 3.87. The zero-order valence-electron chi connectivity index (χ0n) is 9.97. The van der Waals surface area contributed by atoms with Crippen LogP contribution in [0.15, 0.2) is 48.5 Å². The molecular weight excluding hydrogens is 265 g/mol. The predicted molar refractivity (Wildman–Crippen MR) is 74.7 cm³/mol. The van der Waals surface area contributed by atoms with Crippen LogP contribution in [0.5, 0.6) is 0 Å². The van der Waals surface area contributed by atoms with E-state index < -0.39 is 5.97 Å². The van der Waals surface area contributed by atoms with Gasteiger partial charge in [-0.2, -0.15) is 0 Å². The van der Waals surface area contributed by atoms with Crippen molar-refractivity contribution in [3.63, 3.8) is 0 Å². The number of halogens is 1. The number of hydrogen-bond donors (Lipinski definition) is 2. The van der Waals surface area contributed by atoms with E-state index in [2.05, 4.69) is 4.72 Å². The van der Waals surface area contributed by atoms with Crippen molar-refractivity contribution in [3.8, 4) is 0 Å². The number of rotatable bonds is 5. The fraction of sp³-hybridized carbons (Fsp3) is 0.0714. The van der Waals surface area contributed by atoms with Gasteiger partial charge in [0.25, 0.3) is 0 Å². The maximum absolute atomic E-state index is 12.7. The maximum Gasteiger partial charge on any atom is 0.337 e. The molecule has 19 heavy (non-hydrogen) atoms. The molecule has 0 bridgehead atoms. The molecule has 0 saturated heterocycles. The lowest BCUT2D eigenvalue weighted by Crippen LogP contribution is -2.01. The molecular formula is C14H12FNO2S. The monoisotopic (exact) mass is 277 g/mol. The van der Waals surface area contributed by atoms with Crippen molar-refractivity contribution < 1.29 is 14.3 Å². The lowest BCUT2D eigenvalue weighted by molar-refractivity contribution is 0.0698. The van der Waals surface area contributed by atoms with Gasteiger partial charge in [0.2, 0.25) is 0 Å². The molecule has 0 unspecified atom stereocenters. The van der Waals surface area contributed by atoms with Crippen molar-refractivity contribution >= 4 is 23.6 Å². The number of nitrogens with one attached hydrogen (secondary N) is 1. The zero-order valence-corrected chi connectivity index (χ0v) is 10.8. The minimum atomic E-state index is -0.967. The largest absolute Gasteiger partial charge is 0.478 e. The van der Waals surface area contributed by atoms with E-state index in [-0.39, 0.29) is 11.4 Å². The number of carboxylic acids is 1. The van der Waals surface area contributed by atoms with Crippen LogP contribution in [0.3, 0.4) is 0 Å². The first kappa shape index (κ1) is 13.4. The zero-order chi connectivity index (χ0) is 13.7. The van der Waals surface area contributed by atoms with Crippen LogP contribution in [0.4, 0.5) is 10.1 Å². The van der Waals surface area contributed by atoms with Crippen LogP contribution in [0.2, 0.25) is 0 Å². The molecule has 0 spiro atoms. The lowest BCUT2D eigenvalue weighted by atomic mass is 10.2. The Balaban J connectivity index is 1.96. The highest BCUT2D eigenvalue weighted by Gasteiger charge is 2.08. The van der Waals surface area contributed by atoms with Crippen molar-refractivity contribution in [2.45, 2.75) is 5.75 Å². The minimum Gasteiger partial charge on any atom is -0.478 e. The smallest absolute Gasteiger partial charge is 0.337 e. The van der Waals surface area contributed by atoms with Gasteiger partial charge in [-0.15, -0.1) is 0 Å². The molecule has 0 radical (unpaired) electrons. The molecule has 0 saturated carbocycles. The van der Waals surface area contributed by atoms with Crippen LogP contribution in [0.1, 0.15) is 15.9 Å². The molecule has 2 rings (SSSR count). The van der Waals surface area contributed by atoms with Gasteiger partial charge in [0.15, 0.2) is 0 Å². The number of carboxylic acid groups (broad SMARTS) is 1. The molecule has 0 aliphatic rings. The van der Waals surface area contributed by atoms with Gasteiger partial charge < -0.3 is 9.83 Å². The fourth-order valence-corrected chi connectivity index (χ4v) is 2.30. The van der Waals surface area contributed by atoms with Crippen LogP contribution in [0, 0.1) is 5.82 Å². The number of hydrogen-bond acceptors (Lipinski definition) is 3. The minimum absolute atomic E-state index is 0.231.